The van der Waals surface area contributed by atoms with Crippen LogP contribution in [0.1, 0.15) is 24.2 Å². The molecule has 0 bridgehead atoms. The van der Waals surface area contributed by atoms with Crippen molar-refractivity contribution in [2.24, 2.45) is 0 Å². The summed E-state index contributed by atoms with van der Waals surface area (Å²) in [7, 11) is 0. The maximum Gasteiger partial charge on any atom is 0.337 e. The second-order valence-corrected chi connectivity index (χ2v) is 5.41. The number of rotatable bonds is 2. The van der Waals surface area contributed by atoms with E-state index in [0.717, 1.165) is 18.8 Å². The Morgan fingerprint density at radius 2 is 2.22 bits per heavy atom. The van der Waals surface area contributed by atoms with Gasteiger partial charge in [0.05, 0.1) is 22.8 Å². The molecule has 4 nitrogen and oxygen atoms in total. The van der Waals surface area contributed by atoms with Crippen LogP contribution in [0.25, 0.3) is 0 Å². The summed E-state index contributed by atoms with van der Waals surface area (Å²) >= 11 is 5.98. The summed E-state index contributed by atoms with van der Waals surface area (Å²) in [6, 6.07) is 5.03. The van der Waals surface area contributed by atoms with Crippen molar-refractivity contribution < 1.29 is 14.6 Å². The van der Waals surface area contributed by atoms with Gasteiger partial charge in [-0.05, 0) is 32.0 Å². The number of benzene rings is 1. The second-order valence-electron chi connectivity index (χ2n) is 5.00. The Morgan fingerprint density at radius 1 is 1.50 bits per heavy atom. The van der Waals surface area contributed by atoms with Gasteiger partial charge in [-0.25, -0.2) is 4.79 Å². The van der Waals surface area contributed by atoms with Crippen molar-refractivity contribution in [2.75, 3.05) is 24.6 Å². The molecule has 0 amide bonds. The molecule has 1 aromatic carbocycles. The number of hydrogen-bond donors (Lipinski definition) is 1. The molecule has 0 unspecified atom stereocenters. The van der Waals surface area contributed by atoms with Gasteiger partial charge in [-0.15, -0.1) is 0 Å². The van der Waals surface area contributed by atoms with Gasteiger partial charge in [0, 0.05) is 18.8 Å². The van der Waals surface area contributed by atoms with E-state index >= 15 is 0 Å². The number of morpholine rings is 1. The number of ether oxygens (including phenoxy) is 1. The van der Waals surface area contributed by atoms with Gasteiger partial charge in [0.1, 0.15) is 0 Å². The van der Waals surface area contributed by atoms with Crippen LogP contribution in [-0.2, 0) is 4.74 Å². The number of halogens is 1. The van der Waals surface area contributed by atoms with Gasteiger partial charge in [-0.3, -0.25) is 0 Å². The molecule has 0 aliphatic carbocycles. The minimum absolute atomic E-state index is 0.132. The average Bonchev–Trinajstić information content (AvgIpc) is 2.27. The molecular formula is C13H16ClNO3. The normalized spacial score (nSPS) is 18.7. The highest BCUT2D eigenvalue weighted by atomic mass is 35.5. The SMILES string of the molecule is CC1(C)CN(c2ccc(C(=O)O)c(Cl)c2)CCO1. The lowest BCUT2D eigenvalue weighted by molar-refractivity contribution is -0.0276. The van der Waals surface area contributed by atoms with Gasteiger partial charge < -0.3 is 14.7 Å². The van der Waals surface area contributed by atoms with E-state index in [2.05, 4.69) is 4.90 Å². The highest BCUT2D eigenvalue weighted by Crippen LogP contribution is 2.27. The van der Waals surface area contributed by atoms with Crippen molar-refractivity contribution in [1.29, 1.82) is 0 Å². The van der Waals surface area contributed by atoms with Gasteiger partial charge in [0.25, 0.3) is 0 Å². The van der Waals surface area contributed by atoms with E-state index < -0.39 is 5.97 Å². The fraction of sp³-hybridized carbons (Fsp3) is 0.462. The Balaban J connectivity index is 2.24. The van der Waals surface area contributed by atoms with Crippen LogP contribution in [0.15, 0.2) is 18.2 Å². The number of carboxylic acids is 1. The summed E-state index contributed by atoms with van der Waals surface area (Å²) in [5.74, 6) is -1.01. The maximum absolute atomic E-state index is 10.9. The van der Waals surface area contributed by atoms with Gasteiger partial charge in [0.15, 0.2) is 0 Å². The maximum atomic E-state index is 10.9. The Morgan fingerprint density at radius 3 is 2.78 bits per heavy atom. The van der Waals surface area contributed by atoms with Gasteiger partial charge in [-0.2, -0.15) is 0 Å². The molecule has 2 rings (SSSR count). The van der Waals surface area contributed by atoms with Crippen molar-refractivity contribution in [3.8, 4) is 0 Å². The van der Waals surface area contributed by atoms with Crippen LogP contribution < -0.4 is 4.90 Å². The fourth-order valence-electron chi connectivity index (χ4n) is 2.11. The zero-order valence-corrected chi connectivity index (χ0v) is 11.2. The molecular weight excluding hydrogens is 254 g/mol. The molecule has 0 radical (unpaired) electrons. The summed E-state index contributed by atoms with van der Waals surface area (Å²) in [4.78, 5) is 13.0. The molecule has 0 spiro atoms. The Kier molecular flexibility index (Phi) is 3.50. The largest absolute Gasteiger partial charge is 0.478 e. The lowest BCUT2D eigenvalue weighted by Crippen LogP contribution is -2.48. The standard InChI is InChI=1S/C13H16ClNO3/c1-13(2)8-15(5-6-18-13)9-3-4-10(12(16)17)11(14)7-9/h3-4,7H,5-6,8H2,1-2H3,(H,16,17). The van der Waals surface area contributed by atoms with Gasteiger partial charge >= 0.3 is 5.97 Å². The molecule has 1 aliphatic rings. The zero-order valence-electron chi connectivity index (χ0n) is 10.4. The van der Waals surface area contributed by atoms with Crippen LogP contribution in [0.4, 0.5) is 5.69 Å². The first kappa shape index (κ1) is 13.2. The van der Waals surface area contributed by atoms with Crippen LogP contribution in [0.5, 0.6) is 0 Å². The molecule has 0 atom stereocenters. The van der Waals surface area contributed by atoms with Crippen molar-refractivity contribution in [1.82, 2.24) is 0 Å². The summed E-state index contributed by atoms with van der Waals surface area (Å²) in [5, 5.41) is 9.20. The number of carbonyl (C=O) groups is 1. The first-order valence-corrected chi connectivity index (χ1v) is 6.19. The molecule has 1 saturated heterocycles. The predicted octanol–water partition coefficient (Wildman–Crippen LogP) is 2.65. The minimum Gasteiger partial charge on any atom is -0.478 e. The number of nitrogens with zero attached hydrogens (tertiary/aromatic N) is 1. The first-order chi connectivity index (χ1) is 8.39. The van der Waals surface area contributed by atoms with Crippen LogP contribution >= 0.6 is 11.6 Å². The van der Waals surface area contributed by atoms with Crippen LogP contribution in [-0.4, -0.2) is 36.4 Å². The summed E-state index contributed by atoms with van der Waals surface area (Å²) < 4.78 is 5.64. The highest BCUT2D eigenvalue weighted by Gasteiger charge is 2.27. The number of carboxylic acid groups (broad SMARTS) is 1. The van der Waals surface area contributed by atoms with Crippen molar-refractivity contribution in [2.45, 2.75) is 19.4 Å². The molecule has 0 aromatic heterocycles. The molecule has 5 heteroatoms. The molecule has 18 heavy (non-hydrogen) atoms. The molecule has 1 heterocycles. The monoisotopic (exact) mass is 269 g/mol. The van der Waals surface area contributed by atoms with Gasteiger partial charge in [-0.1, -0.05) is 11.6 Å². The zero-order chi connectivity index (χ0) is 13.3. The summed E-state index contributed by atoms with van der Waals surface area (Å²) in [5.41, 5.74) is 0.866. The lowest BCUT2D eigenvalue weighted by Gasteiger charge is -2.39. The third kappa shape index (κ3) is 2.76. The quantitative estimate of drug-likeness (QED) is 0.897. The van der Waals surface area contributed by atoms with E-state index in [-0.39, 0.29) is 16.2 Å². The molecule has 1 aromatic rings. The Bertz CT molecular complexity index is 473. The van der Waals surface area contributed by atoms with Crippen LogP contribution in [0.3, 0.4) is 0 Å². The van der Waals surface area contributed by atoms with E-state index in [1.54, 1.807) is 18.2 Å². The van der Waals surface area contributed by atoms with Crippen molar-refractivity contribution in [3.05, 3.63) is 28.8 Å². The predicted molar refractivity (Wildman–Crippen MR) is 70.7 cm³/mol. The van der Waals surface area contributed by atoms with Gasteiger partial charge in [0.2, 0.25) is 0 Å². The van der Waals surface area contributed by atoms with Crippen LogP contribution in [0.2, 0.25) is 5.02 Å². The number of anilines is 1. The van der Waals surface area contributed by atoms with E-state index in [9.17, 15) is 4.79 Å². The molecule has 98 valence electrons. The molecule has 1 aliphatic heterocycles. The smallest absolute Gasteiger partial charge is 0.337 e. The van der Waals surface area contributed by atoms with E-state index in [1.807, 2.05) is 13.8 Å². The first-order valence-electron chi connectivity index (χ1n) is 5.81. The molecule has 1 fully saturated rings. The third-order valence-corrected chi connectivity index (χ3v) is 3.29. The van der Waals surface area contributed by atoms with E-state index in [4.69, 9.17) is 21.4 Å². The lowest BCUT2D eigenvalue weighted by atomic mass is 10.1. The van der Waals surface area contributed by atoms with E-state index in [1.165, 1.54) is 0 Å². The fourth-order valence-corrected chi connectivity index (χ4v) is 2.37. The number of hydrogen-bond acceptors (Lipinski definition) is 3. The third-order valence-electron chi connectivity index (χ3n) is 2.97. The van der Waals surface area contributed by atoms with Crippen molar-refractivity contribution in [3.63, 3.8) is 0 Å². The molecule has 1 N–H and O–H groups in total. The summed E-state index contributed by atoms with van der Waals surface area (Å²) in [6.45, 7) is 6.27. The van der Waals surface area contributed by atoms with E-state index in [0.29, 0.717) is 6.61 Å². The molecule has 0 saturated carbocycles. The minimum atomic E-state index is -1.01. The average molecular weight is 270 g/mol. The number of aromatic carboxylic acids is 1. The topological polar surface area (TPSA) is 49.8 Å². The summed E-state index contributed by atoms with van der Waals surface area (Å²) in [6.07, 6.45) is 0. The highest BCUT2D eigenvalue weighted by molar-refractivity contribution is 6.33. The second kappa shape index (κ2) is 4.78. The van der Waals surface area contributed by atoms with Crippen molar-refractivity contribution >= 4 is 23.3 Å². The van der Waals surface area contributed by atoms with Crippen LogP contribution in [0, 0.1) is 0 Å². The Hall–Kier alpha value is -1.26. The Labute approximate surface area is 111 Å².